The second-order valence-corrected chi connectivity index (χ2v) is 3.54. The van der Waals surface area contributed by atoms with Gasteiger partial charge in [0.1, 0.15) is 0 Å². The van der Waals surface area contributed by atoms with Crippen molar-refractivity contribution in [3.8, 4) is 0 Å². The van der Waals surface area contributed by atoms with Gasteiger partial charge in [-0.1, -0.05) is 13.8 Å². The zero-order valence-electron chi connectivity index (χ0n) is 9.27. The molecule has 0 aromatic rings. The van der Waals surface area contributed by atoms with Crippen LogP contribution < -0.4 is 10.9 Å². The normalized spacial score (nSPS) is 11.8. The van der Waals surface area contributed by atoms with E-state index in [1.54, 1.807) is 0 Å². The van der Waals surface area contributed by atoms with Crippen molar-refractivity contribution >= 4 is 5.91 Å². The lowest BCUT2D eigenvalue weighted by Gasteiger charge is -2.37. The summed E-state index contributed by atoms with van der Waals surface area (Å²) in [6.45, 7) is 11.7. The molecule has 4 heteroatoms. The van der Waals surface area contributed by atoms with Crippen molar-refractivity contribution in [3.63, 3.8) is 0 Å². The van der Waals surface area contributed by atoms with E-state index in [1.807, 2.05) is 13.8 Å². The lowest BCUT2D eigenvalue weighted by molar-refractivity contribution is -0.121. The van der Waals surface area contributed by atoms with Crippen LogP contribution in [0.1, 0.15) is 34.6 Å². The Bertz CT molecular complexity index is 164. The first-order chi connectivity index (χ1) is 5.94. The highest BCUT2D eigenvalue weighted by molar-refractivity contribution is 5.72. The average molecular weight is 187 g/mol. The maximum absolute atomic E-state index is 10.7. The average Bonchev–Trinajstić information content (AvgIpc) is 2.03. The number of nitrogens with one attached hydrogen (secondary N) is 2. The topological polar surface area (TPSA) is 44.4 Å². The molecule has 0 aliphatic rings. The number of hydrazine groups is 1. The summed E-state index contributed by atoms with van der Waals surface area (Å²) in [4.78, 5) is 12.9. The van der Waals surface area contributed by atoms with Crippen LogP contribution in [0, 0.1) is 0 Å². The van der Waals surface area contributed by atoms with Gasteiger partial charge in [-0.25, -0.2) is 5.43 Å². The predicted octanol–water partition coefficient (Wildman–Crippen LogP) is 0.705. The number of hydrogen-bond donors (Lipinski definition) is 2. The van der Waals surface area contributed by atoms with Crippen LogP contribution in [0.15, 0.2) is 0 Å². The minimum Gasteiger partial charge on any atom is -0.290 e. The van der Waals surface area contributed by atoms with Crippen LogP contribution >= 0.6 is 0 Å². The van der Waals surface area contributed by atoms with E-state index in [9.17, 15) is 4.79 Å². The molecule has 0 bridgehead atoms. The Morgan fingerprint density at radius 2 is 1.77 bits per heavy atom. The largest absolute Gasteiger partial charge is 0.290 e. The molecule has 0 heterocycles. The zero-order chi connectivity index (χ0) is 10.5. The highest BCUT2D eigenvalue weighted by Crippen LogP contribution is 2.07. The van der Waals surface area contributed by atoms with Gasteiger partial charge in [-0.15, -0.1) is 0 Å². The van der Waals surface area contributed by atoms with Gasteiger partial charge in [0.05, 0.1) is 5.66 Å². The standard InChI is InChI=1S/C9H21N3O/c1-6-12(7-2)9(4,5)11-10-8(3)13/h11H,6-7H2,1-5H3,(H,10,13). The molecule has 0 aromatic carbocycles. The van der Waals surface area contributed by atoms with E-state index < -0.39 is 0 Å². The van der Waals surface area contributed by atoms with Crippen molar-refractivity contribution in [1.29, 1.82) is 0 Å². The Balaban J connectivity index is 4.10. The quantitative estimate of drug-likeness (QED) is 0.492. The predicted molar refractivity (Wildman–Crippen MR) is 54.0 cm³/mol. The first-order valence-corrected chi connectivity index (χ1v) is 4.72. The molecule has 0 rings (SSSR count). The van der Waals surface area contributed by atoms with E-state index in [4.69, 9.17) is 0 Å². The number of rotatable bonds is 5. The summed E-state index contributed by atoms with van der Waals surface area (Å²) in [6, 6.07) is 0. The second-order valence-electron chi connectivity index (χ2n) is 3.54. The highest BCUT2D eigenvalue weighted by atomic mass is 16.2. The summed E-state index contributed by atoms with van der Waals surface area (Å²) < 4.78 is 0. The van der Waals surface area contributed by atoms with E-state index in [0.717, 1.165) is 13.1 Å². The number of carbonyl (C=O) groups is 1. The molecule has 0 atom stereocenters. The summed E-state index contributed by atoms with van der Waals surface area (Å²) in [5.41, 5.74) is 5.39. The SMILES string of the molecule is CCN(CC)C(C)(C)NNC(C)=O. The Labute approximate surface area is 80.7 Å². The molecule has 0 saturated heterocycles. The third kappa shape index (κ3) is 4.24. The molecule has 13 heavy (non-hydrogen) atoms. The van der Waals surface area contributed by atoms with Gasteiger partial charge in [-0.2, -0.15) is 0 Å². The molecule has 0 aliphatic heterocycles. The Morgan fingerprint density at radius 1 is 1.31 bits per heavy atom. The van der Waals surface area contributed by atoms with Crippen molar-refractivity contribution in [1.82, 2.24) is 15.8 Å². The first kappa shape index (κ1) is 12.4. The van der Waals surface area contributed by atoms with Crippen LogP contribution in [-0.2, 0) is 4.79 Å². The fourth-order valence-electron chi connectivity index (χ4n) is 1.33. The van der Waals surface area contributed by atoms with Crippen LogP contribution in [0.4, 0.5) is 0 Å². The van der Waals surface area contributed by atoms with Crippen molar-refractivity contribution in [2.45, 2.75) is 40.3 Å². The third-order valence-corrected chi connectivity index (χ3v) is 2.10. The second kappa shape index (κ2) is 5.19. The zero-order valence-corrected chi connectivity index (χ0v) is 9.27. The molecule has 0 saturated carbocycles. The summed E-state index contributed by atoms with van der Waals surface area (Å²) in [7, 11) is 0. The summed E-state index contributed by atoms with van der Waals surface area (Å²) in [5.74, 6) is -0.0692. The van der Waals surface area contributed by atoms with Gasteiger partial charge in [0.2, 0.25) is 5.91 Å². The summed E-state index contributed by atoms with van der Waals surface area (Å²) >= 11 is 0. The lowest BCUT2D eigenvalue weighted by Crippen LogP contribution is -2.60. The van der Waals surface area contributed by atoms with Crippen molar-refractivity contribution in [2.75, 3.05) is 13.1 Å². The lowest BCUT2D eigenvalue weighted by atomic mass is 10.2. The minimum absolute atomic E-state index is 0.0692. The van der Waals surface area contributed by atoms with Crippen LogP contribution in [-0.4, -0.2) is 29.6 Å². The van der Waals surface area contributed by atoms with Gasteiger partial charge in [0.15, 0.2) is 0 Å². The minimum atomic E-state index is -0.199. The monoisotopic (exact) mass is 187 g/mol. The molecular formula is C9H21N3O. The van der Waals surface area contributed by atoms with Gasteiger partial charge >= 0.3 is 0 Å². The Kier molecular flexibility index (Phi) is 4.95. The molecular weight excluding hydrogens is 166 g/mol. The maximum atomic E-state index is 10.7. The van der Waals surface area contributed by atoms with Crippen LogP contribution in [0.5, 0.6) is 0 Å². The molecule has 0 fully saturated rings. The highest BCUT2D eigenvalue weighted by Gasteiger charge is 2.23. The molecule has 78 valence electrons. The smallest absolute Gasteiger partial charge is 0.231 e. The number of nitrogens with zero attached hydrogens (tertiary/aromatic N) is 1. The van der Waals surface area contributed by atoms with Gasteiger partial charge in [-0.05, 0) is 26.9 Å². The third-order valence-electron chi connectivity index (χ3n) is 2.10. The van der Waals surface area contributed by atoms with Gasteiger partial charge in [0.25, 0.3) is 0 Å². The fourth-order valence-corrected chi connectivity index (χ4v) is 1.33. The van der Waals surface area contributed by atoms with Gasteiger partial charge < -0.3 is 0 Å². The fraction of sp³-hybridized carbons (Fsp3) is 0.889. The van der Waals surface area contributed by atoms with Gasteiger partial charge in [-0.3, -0.25) is 15.1 Å². The number of amides is 1. The Hall–Kier alpha value is -0.610. The molecule has 0 aliphatic carbocycles. The molecule has 0 radical (unpaired) electrons. The van der Waals surface area contributed by atoms with Crippen LogP contribution in [0.25, 0.3) is 0 Å². The number of carbonyl (C=O) groups excluding carboxylic acids is 1. The van der Waals surface area contributed by atoms with Crippen molar-refractivity contribution < 1.29 is 4.79 Å². The molecule has 2 N–H and O–H groups in total. The van der Waals surface area contributed by atoms with Crippen LogP contribution in [0.2, 0.25) is 0 Å². The van der Waals surface area contributed by atoms with E-state index in [-0.39, 0.29) is 11.6 Å². The van der Waals surface area contributed by atoms with Crippen molar-refractivity contribution in [3.05, 3.63) is 0 Å². The molecule has 1 amide bonds. The first-order valence-electron chi connectivity index (χ1n) is 4.72. The van der Waals surface area contributed by atoms with E-state index in [2.05, 4.69) is 29.6 Å². The maximum Gasteiger partial charge on any atom is 0.231 e. The number of hydrogen-bond acceptors (Lipinski definition) is 3. The van der Waals surface area contributed by atoms with Crippen molar-refractivity contribution in [2.24, 2.45) is 0 Å². The summed E-state index contributed by atoms with van der Waals surface area (Å²) in [6.07, 6.45) is 0. The molecule has 0 aromatic heterocycles. The van der Waals surface area contributed by atoms with Gasteiger partial charge in [0, 0.05) is 6.92 Å². The van der Waals surface area contributed by atoms with E-state index in [1.165, 1.54) is 6.92 Å². The van der Waals surface area contributed by atoms with E-state index >= 15 is 0 Å². The summed E-state index contributed by atoms with van der Waals surface area (Å²) in [5, 5.41) is 0. The van der Waals surface area contributed by atoms with Crippen LogP contribution in [0.3, 0.4) is 0 Å². The Morgan fingerprint density at radius 3 is 2.08 bits per heavy atom. The molecule has 0 unspecified atom stereocenters. The molecule has 0 spiro atoms. The van der Waals surface area contributed by atoms with E-state index in [0.29, 0.717) is 0 Å². The molecule has 4 nitrogen and oxygen atoms in total.